The standard InChI is InChI=1S/C14H21Cl2N3/c1-3-18(4-2)11-7-8-19(10-11)14-6-5-12(16)13(9-15)17-14/h5-6,11H,3-4,7-10H2,1-2H3. The summed E-state index contributed by atoms with van der Waals surface area (Å²) >= 11 is 11.9. The third-order valence-corrected chi connectivity index (χ3v) is 4.44. The molecular formula is C14H21Cl2N3. The minimum Gasteiger partial charge on any atom is -0.355 e. The van der Waals surface area contributed by atoms with Gasteiger partial charge in [0.2, 0.25) is 0 Å². The van der Waals surface area contributed by atoms with Crippen LogP contribution in [0.3, 0.4) is 0 Å². The maximum absolute atomic E-state index is 6.05. The fourth-order valence-electron chi connectivity index (χ4n) is 2.73. The third kappa shape index (κ3) is 3.33. The van der Waals surface area contributed by atoms with Crippen LogP contribution in [0.5, 0.6) is 0 Å². The Balaban J connectivity index is 2.08. The average molecular weight is 302 g/mol. The van der Waals surface area contributed by atoms with Crippen LogP contribution >= 0.6 is 23.2 Å². The Morgan fingerprint density at radius 2 is 2.11 bits per heavy atom. The number of likely N-dealkylation sites (N-methyl/N-ethyl adjacent to an activating group) is 1. The van der Waals surface area contributed by atoms with Crippen LogP contribution in [0, 0.1) is 0 Å². The molecule has 0 N–H and O–H groups in total. The smallest absolute Gasteiger partial charge is 0.129 e. The number of aromatic nitrogens is 1. The third-order valence-electron chi connectivity index (χ3n) is 3.85. The maximum Gasteiger partial charge on any atom is 0.129 e. The molecule has 19 heavy (non-hydrogen) atoms. The first-order valence-electron chi connectivity index (χ1n) is 6.90. The van der Waals surface area contributed by atoms with E-state index in [4.69, 9.17) is 23.2 Å². The molecule has 0 spiro atoms. The van der Waals surface area contributed by atoms with Gasteiger partial charge >= 0.3 is 0 Å². The van der Waals surface area contributed by atoms with Gasteiger partial charge in [0, 0.05) is 19.1 Å². The summed E-state index contributed by atoms with van der Waals surface area (Å²) in [6.45, 7) is 8.75. The number of alkyl halides is 1. The Morgan fingerprint density at radius 1 is 1.37 bits per heavy atom. The van der Waals surface area contributed by atoms with Crippen LogP contribution in [-0.2, 0) is 5.88 Å². The quantitative estimate of drug-likeness (QED) is 0.777. The SMILES string of the molecule is CCN(CC)C1CCN(c2ccc(Cl)c(CCl)n2)C1. The first-order valence-corrected chi connectivity index (χ1v) is 7.81. The molecule has 0 bridgehead atoms. The minimum atomic E-state index is 0.361. The van der Waals surface area contributed by atoms with E-state index >= 15 is 0 Å². The van der Waals surface area contributed by atoms with Gasteiger partial charge in [-0.3, -0.25) is 4.90 Å². The lowest BCUT2D eigenvalue weighted by atomic mass is 10.2. The number of nitrogens with zero attached hydrogens (tertiary/aromatic N) is 3. The molecule has 2 heterocycles. The van der Waals surface area contributed by atoms with Crippen LogP contribution in [0.4, 0.5) is 5.82 Å². The van der Waals surface area contributed by atoms with E-state index in [2.05, 4.69) is 28.6 Å². The van der Waals surface area contributed by atoms with Crippen molar-refractivity contribution in [2.75, 3.05) is 31.1 Å². The van der Waals surface area contributed by atoms with Gasteiger partial charge in [-0.05, 0) is 31.6 Å². The number of anilines is 1. The largest absolute Gasteiger partial charge is 0.355 e. The van der Waals surface area contributed by atoms with E-state index < -0.39 is 0 Å². The number of pyridine rings is 1. The molecule has 0 aromatic carbocycles. The minimum absolute atomic E-state index is 0.361. The second-order valence-corrected chi connectivity index (χ2v) is 5.52. The fourth-order valence-corrected chi connectivity index (χ4v) is 3.17. The zero-order valence-corrected chi connectivity index (χ0v) is 13.1. The fraction of sp³-hybridized carbons (Fsp3) is 0.643. The first kappa shape index (κ1) is 14.9. The van der Waals surface area contributed by atoms with E-state index in [1.165, 1.54) is 6.42 Å². The van der Waals surface area contributed by atoms with Gasteiger partial charge in [-0.1, -0.05) is 25.4 Å². The van der Waals surface area contributed by atoms with E-state index in [0.29, 0.717) is 16.9 Å². The predicted molar refractivity (Wildman–Crippen MR) is 82.3 cm³/mol. The van der Waals surface area contributed by atoms with E-state index in [0.717, 1.165) is 37.7 Å². The van der Waals surface area contributed by atoms with Gasteiger partial charge < -0.3 is 4.90 Å². The topological polar surface area (TPSA) is 19.4 Å². The van der Waals surface area contributed by atoms with Crippen molar-refractivity contribution in [1.82, 2.24) is 9.88 Å². The molecule has 1 saturated heterocycles. The molecule has 0 amide bonds. The highest BCUT2D eigenvalue weighted by atomic mass is 35.5. The molecular weight excluding hydrogens is 281 g/mol. The van der Waals surface area contributed by atoms with Crippen molar-refractivity contribution in [3.05, 3.63) is 22.8 Å². The maximum atomic E-state index is 6.05. The van der Waals surface area contributed by atoms with Crippen molar-refractivity contribution in [2.45, 2.75) is 32.2 Å². The molecule has 1 atom stereocenters. The van der Waals surface area contributed by atoms with E-state index in [-0.39, 0.29) is 0 Å². The number of rotatable bonds is 5. The lowest BCUT2D eigenvalue weighted by molar-refractivity contribution is 0.232. The average Bonchev–Trinajstić information content (AvgIpc) is 2.90. The molecule has 0 aliphatic carbocycles. The summed E-state index contributed by atoms with van der Waals surface area (Å²) in [5.74, 6) is 1.36. The molecule has 0 radical (unpaired) electrons. The van der Waals surface area contributed by atoms with Crippen LogP contribution in [0.15, 0.2) is 12.1 Å². The molecule has 1 fully saturated rings. The summed E-state index contributed by atoms with van der Waals surface area (Å²) in [5, 5.41) is 0.651. The van der Waals surface area contributed by atoms with Crippen molar-refractivity contribution in [1.29, 1.82) is 0 Å². The van der Waals surface area contributed by atoms with Crippen molar-refractivity contribution >= 4 is 29.0 Å². The summed E-state index contributed by atoms with van der Waals surface area (Å²) < 4.78 is 0. The zero-order valence-electron chi connectivity index (χ0n) is 11.6. The van der Waals surface area contributed by atoms with Crippen molar-refractivity contribution < 1.29 is 0 Å². The monoisotopic (exact) mass is 301 g/mol. The van der Waals surface area contributed by atoms with Gasteiger partial charge in [-0.2, -0.15) is 0 Å². The van der Waals surface area contributed by atoms with Gasteiger partial charge in [0.15, 0.2) is 0 Å². The first-order chi connectivity index (χ1) is 9.19. The second-order valence-electron chi connectivity index (χ2n) is 4.84. The summed E-state index contributed by atoms with van der Waals surface area (Å²) in [5.41, 5.74) is 0.770. The normalized spacial score (nSPS) is 19.4. The van der Waals surface area contributed by atoms with Crippen LogP contribution in [0.1, 0.15) is 26.0 Å². The Kier molecular flexibility index (Phi) is 5.31. The number of halogens is 2. The van der Waals surface area contributed by atoms with Gasteiger partial charge in [0.05, 0.1) is 16.6 Å². The molecule has 1 aliphatic heterocycles. The molecule has 5 heteroatoms. The van der Waals surface area contributed by atoms with Crippen molar-refractivity contribution in [2.24, 2.45) is 0 Å². The highest BCUT2D eigenvalue weighted by Gasteiger charge is 2.27. The lowest BCUT2D eigenvalue weighted by Crippen LogP contribution is -2.37. The summed E-state index contributed by atoms with van der Waals surface area (Å²) in [7, 11) is 0. The number of hydrogen-bond donors (Lipinski definition) is 0. The van der Waals surface area contributed by atoms with E-state index in [9.17, 15) is 0 Å². The Labute approximate surface area is 125 Å². The van der Waals surface area contributed by atoms with Crippen molar-refractivity contribution in [3.8, 4) is 0 Å². The zero-order chi connectivity index (χ0) is 13.8. The molecule has 1 aromatic rings. The van der Waals surface area contributed by atoms with Crippen LogP contribution < -0.4 is 4.90 Å². The Morgan fingerprint density at radius 3 is 2.74 bits per heavy atom. The highest BCUT2D eigenvalue weighted by Crippen LogP contribution is 2.25. The van der Waals surface area contributed by atoms with Gasteiger partial charge in [0.25, 0.3) is 0 Å². The Bertz CT molecular complexity index is 421. The molecule has 1 aromatic heterocycles. The lowest BCUT2D eigenvalue weighted by Gasteiger charge is -2.26. The summed E-state index contributed by atoms with van der Waals surface area (Å²) in [6, 6.07) is 4.52. The molecule has 1 aliphatic rings. The van der Waals surface area contributed by atoms with Gasteiger partial charge in [-0.25, -0.2) is 4.98 Å². The molecule has 2 rings (SSSR count). The predicted octanol–water partition coefficient (Wildman–Crippen LogP) is 3.39. The van der Waals surface area contributed by atoms with Crippen molar-refractivity contribution in [3.63, 3.8) is 0 Å². The van der Waals surface area contributed by atoms with Crippen LogP contribution in [0.2, 0.25) is 5.02 Å². The van der Waals surface area contributed by atoms with E-state index in [1.54, 1.807) is 0 Å². The second kappa shape index (κ2) is 6.78. The van der Waals surface area contributed by atoms with Gasteiger partial charge in [-0.15, -0.1) is 11.6 Å². The van der Waals surface area contributed by atoms with Crippen LogP contribution in [0.25, 0.3) is 0 Å². The van der Waals surface area contributed by atoms with Gasteiger partial charge in [0.1, 0.15) is 5.82 Å². The summed E-state index contributed by atoms with van der Waals surface area (Å²) in [6.07, 6.45) is 1.20. The number of hydrogen-bond acceptors (Lipinski definition) is 3. The molecule has 0 saturated carbocycles. The summed E-state index contributed by atoms with van der Waals surface area (Å²) in [4.78, 5) is 9.40. The van der Waals surface area contributed by atoms with Crippen LogP contribution in [-0.4, -0.2) is 42.1 Å². The molecule has 3 nitrogen and oxygen atoms in total. The highest BCUT2D eigenvalue weighted by molar-refractivity contribution is 6.32. The Hall–Kier alpha value is -0.510. The van der Waals surface area contributed by atoms with E-state index in [1.807, 2.05) is 12.1 Å². The molecule has 106 valence electrons. The molecule has 1 unspecified atom stereocenters.